The van der Waals surface area contributed by atoms with Crippen LogP contribution in [0.15, 0.2) is 30.7 Å². The summed E-state index contributed by atoms with van der Waals surface area (Å²) in [5.74, 6) is 0. The Hall–Kier alpha value is -0.940. The summed E-state index contributed by atoms with van der Waals surface area (Å²) >= 11 is 0. The topological polar surface area (TPSA) is 26.0 Å². The molecule has 2 N–H and O–H groups in total. The second-order valence-corrected chi connectivity index (χ2v) is 0.923. The van der Waals surface area contributed by atoms with Crippen LogP contribution in [0.3, 0.4) is 0 Å². The molecule has 32 valence electrons. The van der Waals surface area contributed by atoms with Crippen LogP contribution < -0.4 is 5.73 Å². The number of hydrogen-bond donors (Lipinski definition) is 1. The highest BCUT2D eigenvalue weighted by atomic mass is 14.5. The zero-order chi connectivity index (χ0) is 4.99. The summed E-state index contributed by atoms with van der Waals surface area (Å²) in [5.41, 5.74) is 8.01. The van der Waals surface area contributed by atoms with Gasteiger partial charge in [0.25, 0.3) is 0 Å². The molecule has 0 aliphatic rings. The smallest absolute Gasteiger partial charge is 0.0319 e. The predicted molar refractivity (Wildman–Crippen MR) is 27.0 cm³/mol. The predicted octanol–water partition coefficient (Wildman–Crippen LogP) is 0.800. The average molecular weight is 81.1 g/mol. The van der Waals surface area contributed by atoms with Gasteiger partial charge >= 0.3 is 0 Å². The number of hydrogen-bond acceptors (Lipinski definition) is 1. The molecule has 0 aromatic heterocycles. The van der Waals surface area contributed by atoms with E-state index < -0.39 is 0 Å². The van der Waals surface area contributed by atoms with Crippen molar-refractivity contribution in [1.29, 1.82) is 0 Å². The van der Waals surface area contributed by atoms with Gasteiger partial charge in [-0.25, -0.2) is 0 Å². The molecular formula is C5H7N. The summed E-state index contributed by atoms with van der Waals surface area (Å²) in [6, 6.07) is 0. The van der Waals surface area contributed by atoms with Gasteiger partial charge in [0.05, 0.1) is 0 Å². The number of rotatable bonds is 1. The van der Waals surface area contributed by atoms with Gasteiger partial charge < -0.3 is 5.73 Å². The third-order valence-electron chi connectivity index (χ3n) is 0.287. The van der Waals surface area contributed by atoms with Crippen LogP contribution >= 0.6 is 0 Å². The molecule has 0 spiro atoms. The lowest BCUT2D eigenvalue weighted by atomic mass is 10.5. The normalized spacial score (nSPS) is 6.00. The lowest BCUT2D eigenvalue weighted by Crippen LogP contribution is -1.86. The Morgan fingerprint density at radius 1 is 1.83 bits per heavy atom. The quantitative estimate of drug-likeness (QED) is 0.366. The monoisotopic (exact) mass is 81.1 g/mol. The molecule has 0 amide bonds. The SMILES string of the molecule is C=C=CC(=C)N. The molecule has 0 saturated carbocycles. The first-order chi connectivity index (χ1) is 2.77. The van der Waals surface area contributed by atoms with Crippen LogP contribution in [0.5, 0.6) is 0 Å². The van der Waals surface area contributed by atoms with E-state index >= 15 is 0 Å². The standard InChI is InChI=1S/C5H7N/c1-3-4-5(2)6/h4H,1-2,6H2. The molecule has 0 saturated heterocycles. The van der Waals surface area contributed by atoms with E-state index in [0.29, 0.717) is 5.70 Å². The first-order valence-electron chi connectivity index (χ1n) is 1.57. The maximum Gasteiger partial charge on any atom is 0.0319 e. The summed E-state index contributed by atoms with van der Waals surface area (Å²) < 4.78 is 0. The molecule has 0 aromatic rings. The Morgan fingerprint density at radius 3 is 2.33 bits per heavy atom. The fraction of sp³-hybridized carbons (Fsp3) is 0. The molecule has 0 unspecified atom stereocenters. The van der Waals surface area contributed by atoms with Crippen molar-refractivity contribution in [2.45, 2.75) is 0 Å². The van der Waals surface area contributed by atoms with Gasteiger partial charge in [-0.1, -0.05) is 13.2 Å². The van der Waals surface area contributed by atoms with E-state index in [1.165, 1.54) is 6.08 Å². The second-order valence-electron chi connectivity index (χ2n) is 0.923. The van der Waals surface area contributed by atoms with Gasteiger partial charge in [-0.3, -0.25) is 0 Å². The minimum Gasteiger partial charge on any atom is -0.399 e. The first-order valence-corrected chi connectivity index (χ1v) is 1.57. The van der Waals surface area contributed by atoms with Crippen LogP contribution in [0.25, 0.3) is 0 Å². The average Bonchev–Trinajstić information content (AvgIpc) is 1.35. The zero-order valence-electron chi connectivity index (χ0n) is 3.57. The van der Waals surface area contributed by atoms with E-state index in [9.17, 15) is 0 Å². The Labute approximate surface area is 37.5 Å². The molecule has 0 aliphatic heterocycles. The van der Waals surface area contributed by atoms with Gasteiger partial charge in [-0.2, -0.15) is 0 Å². The van der Waals surface area contributed by atoms with E-state index in [2.05, 4.69) is 18.9 Å². The third kappa shape index (κ3) is 3.06. The number of allylic oxidation sites excluding steroid dienone is 1. The first kappa shape index (κ1) is 5.06. The molecule has 0 aliphatic carbocycles. The molecule has 0 atom stereocenters. The van der Waals surface area contributed by atoms with Crippen LogP contribution in [0.2, 0.25) is 0 Å². The maximum absolute atomic E-state index is 5.05. The molecule has 1 nitrogen and oxygen atoms in total. The maximum atomic E-state index is 5.05. The Kier molecular flexibility index (Phi) is 1.94. The van der Waals surface area contributed by atoms with Gasteiger partial charge in [0.1, 0.15) is 0 Å². The Balaban J connectivity index is 3.60. The van der Waals surface area contributed by atoms with Crippen molar-refractivity contribution in [1.82, 2.24) is 0 Å². The third-order valence-corrected chi connectivity index (χ3v) is 0.287. The van der Waals surface area contributed by atoms with Crippen LogP contribution in [0, 0.1) is 0 Å². The Morgan fingerprint density at radius 2 is 2.33 bits per heavy atom. The molecule has 0 fully saturated rings. The van der Waals surface area contributed by atoms with Crippen molar-refractivity contribution in [2.75, 3.05) is 0 Å². The molecule has 0 rings (SSSR count). The molecule has 1 heteroatoms. The highest BCUT2D eigenvalue weighted by Gasteiger charge is 1.62. The fourth-order valence-electron chi connectivity index (χ4n) is 0.131. The van der Waals surface area contributed by atoms with E-state index in [1.54, 1.807) is 0 Å². The number of nitrogens with two attached hydrogens (primary N) is 1. The second kappa shape index (κ2) is 2.31. The van der Waals surface area contributed by atoms with Crippen molar-refractivity contribution in [3.63, 3.8) is 0 Å². The highest BCUT2D eigenvalue weighted by Crippen LogP contribution is 1.71. The van der Waals surface area contributed by atoms with E-state index in [1.807, 2.05) is 0 Å². The summed E-state index contributed by atoms with van der Waals surface area (Å²) in [6.07, 6.45) is 1.51. The minimum absolute atomic E-state index is 0.491. The highest BCUT2D eigenvalue weighted by molar-refractivity contribution is 5.07. The largest absolute Gasteiger partial charge is 0.399 e. The lowest BCUT2D eigenvalue weighted by molar-refractivity contribution is 1.46. The van der Waals surface area contributed by atoms with Gasteiger partial charge in [0.2, 0.25) is 0 Å². The van der Waals surface area contributed by atoms with Crippen molar-refractivity contribution >= 4 is 0 Å². The zero-order valence-corrected chi connectivity index (χ0v) is 3.57. The molecule has 6 heavy (non-hydrogen) atoms. The van der Waals surface area contributed by atoms with E-state index in [0.717, 1.165) is 0 Å². The molecular weight excluding hydrogens is 74.1 g/mol. The van der Waals surface area contributed by atoms with Crippen molar-refractivity contribution in [3.8, 4) is 0 Å². The van der Waals surface area contributed by atoms with Gasteiger partial charge in [0, 0.05) is 11.8 Å². The van der Waals surface area contributed by atoms with Crippen LogP contribution in [0.1, 0.15) is 0 Å². The Bertz CT molecular complexity index is 96.5. The van der Waals surface area contributed by atoms with Crippen LogP contribution in [0.4, 0.5) is 0 Å². The van der Waals surface area contributed by atoms with E-state index in [4.69, 9.17) is 5.73 Å². The molecule has 0 radical (unpaired) electrons. The fourth-order valence-corrected chi connectivity index (χ4v) is 0.131. The lowest BCUT2D eigenvalue weighted by Gasteiger charge is -1.74. The van der Waals surface area contributed by atoms with E-state index in [-0.39, 0.29) is 0 Å². The van der Waals surface area contributed by atoms with Crippen LogP contribution in [-0.2, 0) is 0 Å². The van der Waals surface area contributed by atoms with Gasteiger partial charge in [0.15, 0.2) is 0 Å². The minimum atomic E-state index is 0.491. The summed E-state index contributed by atoms with van der Waals surface area (Å²) in [4.78, 5) is 0. The summed E-state index contributed by atoms with van der Waals surface area (Å²) in [5, 5.41) is 0. The molecule has 0 heterocycles. The van der Waals surface area contributed by atoms with Gasteiger partial charge in [-0.15, -0.1) is 5.73 Å². The van der Waals surface area contributed by atoms with Gasteiger partial charge in [-0.05, 0) is 0 Å². The van der Waals surface area contributed by atoms with Crippen LogP contribution in [-0.4, -0.2) is 0 Å². The van der Waals surface area contributed by atoms with Crippen molar-refractivity contribution < 1.29 is 0 Å². The molecule has 0 aromatic carbocycles. The van der Waals surface area contributed by atoms with Crippen molar-refractivity contribution in [3.05, 3.63) is 30.7 Å². The molecule has 0 bridgehead atoms. The summed E-state index contributed by atoms with van der Waals surface area (Å²) in [6.45, 7) is 6.64. The summed E-state index contributed by atoms with van der Waals surface area (Å²) in [7, 11) is 0. The van der Waals surface area contributed by atoms with Crippen molar-refractivity contribution in [2.24, 2.45) is 5.73 Å².